The molecule has 5 rings (SSSR count). The number of aromatic nitrogens is 1. The number of hydrogen-bond donors (Lipinski definition) is 2. The average molecular weight is 452 g/mol. The van der Waals surface area contributed by atoms with E-state index in [1.54, 1.807) is 0 Å². The number of aromatic carboxylic acids is 1. The molecular formula is C23H21N3O5S. The third kappa shape index (κ3) is 3.80. The van der Waals surface area contributed by atoms with Gasteiger partial charge < -0.3 is 19.5 Å². The number of nitrogens with zero attached hydrogens (tertiary/aromatic N) is 2. The highest BCUT2D eigenvalue weighted by atomic mass is 32.1. The van der Waals surface area contributed by atoms with Gasteiger partial charge in [-0.15, -0.1) is 0 Å². The van der Waals surface area contributed by atoms with Crippen molar-refractivity contribution in [3.05, 3.63) is 64.5 Å². The number of morpholine rings is 1. The summed E-state index contributed by atoms with van der Waals surface area (Å²) in [6, 6.07) is 16.1. The van der Waals surface area contributed by atoms with E-state index in [1.165, 1.54) is 0 Å². The number of carbonyl (C=O) groups is 2. The average Bonchev–Trinajstić information content (AvgIpc) is 3.38. The normalized spacial score (nSPS) is 15.2. The predicted octanol–water partition coefficient (Wildman–Crippen LogP) is 4.04. The van der Waals surface area contributed by atoms with Gasteiger partial charge in [0.15, 0.2) is 15.8 Å². The second kappa shape index (κ2) is 8.60. The molecule has 0 spiro atoms. The highest BCUT2D eigenvalue weighted by molar-refractivity contribution is 7.18. The number of carbonyl (C=O) groups excluding carboxylic acids is 1. The molecule has 9 heteroatoms. The van der Waals surface area contributed by atoms with E-state index >= 15 is 0 Å². The quantitative estimate of drug-likeness (QED) is 0.604. The number of carboxylic acid groups (broad SMARTS) is 1. The first-order valence-corrected chi connectivity index (χ1v) is 11.1. The lowest BCUT2D eigenvalue weighted by Gasteiger charge is -2.25. The van der Waals surface area contributed by atoms with Crippen LogP contribution in [0.3, 0.4) is 0 Å². The molecule has 0 unspecified atom stereocenters. The molecule has 2 heterocycles. The molecule has 1 saturated heterocycles. The molecule has 164 valence electrons. The van der Waals surface area contributed by atoms with Gasteiger partial charge in [-0.2, -0.15) is 0 Å². The molecule has 1 amide bonds. The van der Waals surface area contributed by atoms with Crippen molar-refractivity contribution in [2.45, 2.75) is 5.92 Å². The van der Waals surface area contributed by atoms with E-state index in [0.717, 1.165) is 33.6 Å². The van der Waals surface area contributed by atoms with Gasteiger partial charge in [0.1, 0.15) is 6.61 Å². The van der Waals surface area contributed by atoms with Gasteiger partial charge in [0.25, 0.3) is 0 Å². The monoisotopic (exact) mass is 451 g/mol. The van der Waals surface area contributed by atoms with Crippen LogP contribution in [0.1, 0.15) is 26.7 Å². The Hall–Kier alpha value is -3.43. The molecule has 1 aromatic heterocycles. The lowest BCUT2D eigenvalue weighted by molar-refractivity contribution is 0.0703. The molecule has 1 aliphatic carbocycles. The van der Waals surface area contributed by atoms with E-state index in [1.807, 2.05) is 41.3 Å². The zero-order valence-corrected chi connectivity index (χ0v) is 17.9. The van der Waals surface area contributed by atoms with Crippen LogP contribution in [0.25, 0.3) is 11.1 Å². The molecule has 2 N–H and O–H groups in total. The van der Waals surface area contributed by atoms with Crippen molar-refractivity contribution in [2.75, 3.05) is 43.1 Å². The van der Waals surface area contributed by atoms with Crippen LogP contribution in [-0.4, -0.2) is 55.1 Å². The summed E-state index contributed by atoms with van der Waals surface area (Å²) in [6.45, 7) is 2.49. The number of ether oxygens (including phenoxy) is 2. The maximum Gasteiger partial charge on any atom is 0.412 e. The predicted molar refractivity (Wildman–Crippen MR) is 121 cm³/mol. The smallest absolute Gasteiger partial charge is 0.412 e. The number of fused-ring (bicyclic) bond motifs is 3. The molecule has 1 aliphatic heterocycles. The van der Waals surface area contributed by atoms with E-state index in [9.17, 15) is 14.7 Å². The Morgan fingerprint density at radius 3 is 2.34 bits per heavy atom. The lowest BCUT2D eigenvalue weighted by Crippen LogP contribution is -2.36. The van der Waals surface area contributed by atoms with Crippen molar-refractivity contribution in [3.63, 3.8) is 0 Å². The van der Waals surface area contributed by atoms with Crippen molar-refractivity contribution < 1.29 is 24.2 Å². The van der Waals surface area contributed by atoms with Crippen molar-refractivity contribution >= 4 is 34.3 Å². The number of anilines is 2. The summed E-state index contributed by atoms with van der Waals surface area (Å²) < 4.78 is 10.9. The van der Waals surface area contributed by atoms with E-state index in [-0.39, 0.29) is 23.2 Å². The first kappa shape index (κ1) is 20.5. The zero-order valence-electron chi connectivity index (χ0n) is 17.1. The zero-order chi connectivity index (χ0) is 22.1. The van der Waals surface area contributed by atoms with Crippen LogP contribution in [0.15, 0.2) is 48.5 Å². The SMILES string of the molecule is O=C(Nc1nc(N2CCOCC2)sc1C(=O)O)OCC1c2ccccc2-c2ccccc21. The fraction of sp³-hybridized carbons (Fsp3) is 0.261. The van der Waals surface area contributed by atoms with Crippen LogP contribution in [-0.2, 0) is 9.47 Å². The minimum Gasteiger partial charge on any atom is -0.477 e. The number of thiazole rings is 1. The first-order chi connectivity index (χ1) is 15.6. The Morgan fingerprint density at radius 2 is 1.72 bits per heavy atom. The second-order valence-corrected chi connectivity index (χ2v) is 8.51. The number of hydrogen-bond acceptors (Lipinski definition) is 7. The summed E-state index contributed by atoms with van der Waals surface area (Å²) >= 11 is 1.03. The Labute approximate surface area is 188 Å². The van der Waals surface area contributed by atoms with Crippen LogP contribution in [0.5, 0.6) is 0 Å². The molecule has 2 aromatic carbocycles. The number of amides is 1. The molecule has 0 saturated carbocycles. The van der Waals surface area contributed by atoms with Gasteiger partial charge in [-0.1, -0.05) is 59.9 Å². The van der Waals surface area contributed by atoms with Crippen LogP contribution in [0.4, 0.5) is 15.7 Å². The molecule has 0 atom stereocenters. The van der Waals surface area contributed by atoms with Gasteiger partial charge in [0, 0.05) is 19.0 Å². The summed E-state index contributed by atoms with van der Waals surface area (Å²) in [4.78, 5) is 30.5. The van der Waals surface area contributed by atoms with E-state index in [4.69, 9.17) is 9.47 Å². The number of benzene rings is 2. The van der Waals surface area contributed by atoms with Crippen molar-refractivity contribution in [1.29, 1.82) is 0 Å². The summed E-state index contributed by atoms with van der Waals surface area (Å²) in [6.07, 6.45) is -0.729. The maximum absolute atomic E-state index is 12.6. The van der Waals surface area contributed by atoms with Crippen molar-refractivity contribution in [3.8, 4) is 11.1 Å². The molecule has 32 heavy (non-hydrogen) atoms. The Kier molecular flexibility index (Phi) is 5.50. The van der Waals surface area contributed by atoms with Gasteiger partial charge in [-0.3, -0.25) is 5.32 Å². The van der Waals surface area contributed by atoms with Gasteiger partial charge >= 0.3 is 12.1 Å². The number of rotatable bonds is 5. The van der Waals surface area contributed by atoms with Crippen molar-refractivity contribution in [1.82, 2.24) is 4.98 Å². The molecule has 8 nitrogen and oxygen atoms in total. The minimum atomic E-state index is -1.14. The minimum absolute atomic E-state index is 0.00112. The summed E-state index contributed by atoms with van der Waals surface area (Å²) in [5.41, 5.74) is 4.49. The van der Waals surface area contributed by atoms with Gasteiger partial charge in [-0.05, 0) is 22.3 Å². The fourth-order valence-corrected chi connectivity index (χ4v) is 5.07. The Morgan fingerprint density at radius 1 is 1.09 bits per heavy atom. The molecular weight excluding hydrogens is 430 g/mol. The van der Waals surface area contributed by atoms with E-state index in [0.29, 0.717) is 31.4 Å². The molecule has 0 bridgehead atoms. The van der Waals surface area contributed by atoms with Crippen LogP contribution in [0.2, 0.25) is 0 Å². The highest BCUT2D eigenvalue weighted by Gasteiger charge is 2.29. The van der Waals surface area contributed by atoms with Gasteiger partial charge in [0.2, 0.25) is 0 Å². The first-order valence-electron chi connectivity index (χ1n) is 10.3. The van der Waals surface area contributed by atoms with Crippen LogP contribution < -0.4 is 10.2 Å². The van der Waals surface area contributed by atoms with E-state index in [2.05, 4.69) is 22.4 Å². The molecule has 0 radical (unpaired) electrons. The lowest BCUT2D eigenvalue weighted by atomic mass is 9.98. The van der Waals surface area contributed by atoms with Gasteiger partial charge in [-0.25, -0.2) is 14.6 Å². The highest BCUT2D eigenvalue weighted by Crippen LogP contribution is 2.44. The fourth-order valence-electron chi connectivity index (χ4n) is 4.16. The standard InChI is InChI=1S/C23H21N3O5S/c27-21(28)19-20(24-22(32-19)26-9-11-30-12-10-26)25-23(29)31-13-18-16-7-3-1-5-14(16)15-6-2-4-8-17(15)18/h1-8,18H,9-13H2,(H,25,29)(H,27,28). The Balaban J connectivity index is 1.31. The Bertz CT molecular complexity index is 1130. The summed E-state index contributed by atoms with van der Waals surface area (Å²) in [5.74, 6) is -1.22. The van der Waals surface area contributed by atoms with E-state index < -0.39 is 12.1 Å². The largest absolute Gasteiger partial charge is 0.477 e. The van der Waals surface area contributed by atoms with Crippen LogP contribution >= 0.6 is 11.3 Å². The van der Waals surface area contributed by atoms with Crippen LogP contribution in [0, 0.1) is 0 Å². The second-order valence-electron chi connectivity index (χ2n) is 7.53. The number of carboxylic acids is 1. The summed E-state index contributed by atoms with van der Waals surface area (Å²) in [5, 5.41) is 12.6. The molecule has 2 aliphatic rings. The molecule has 1 fully saturated rings. The maximum atomic E-state index is 12.6. The third-order valence-corrected chi connectivity index (χ3v) is 6.76. The third-order valence-electron chi connectivity index (χ3n) is 5.66. The van der Waals surface area contributed by atoms with Crippen molar-refractivity contribution in [2.24, 2.45) is 0 Å². The van der Waals surface area contributed by atoms with Gasteiger partial charge in [0.05, 0.1) is 13.2 Å². The topological polar surface area (TPSA) is 101 Å². The number of nitrogens with one attached hydrogen (secondary N) is 1. The molecule has 3 aromatic rings. The summed E-state index contributed by atoms with van der Waals surface area (Å²) in [7, 11) is 0.